The van der Waals surface area contributed by atoms with E-state index in [-0.39, 0.29) is 14.7 Å². The van der Waals surface area contributed by atoms with Gasteiger partial charge in [-0.15, -0.1) is 0 Å². The molecule has 8 heteroatoms. The van der Waals surface area contributed by atoms with Gasteiger partial charge in [-0.05, 0) is 54.5 Å². The highest BCUT2D eigenvalue weighted by Crippen LogP contribution is 2.33. The molecule has 2 aliphatic heterocycles. The molecule has 0 amide bonds. The summed E-state index contributed by atoms with van der Waals surface area (Å²) in [6.45, 7) is 3.31. The van der Waals surface area contributed by atoms with Gasteiger partial charge in [-0.3, -0.25) is 10.1 Å². The lowest BCUT2D eigenvalue weighted by Crippen LogP contribution is -2.42. The minimum Gasteiger partial charge on any atom is -0.353 e. The van der Waals surface area contributed by atoms with Crippen LogP contribution in [0.15, 0.2) is 20.5 Å². The maximum absolute atomic E-state index is 11.7. The number of hydrogen-bond acceptors (Lipinski definition) is 4. The van der Waals surface area contributed by atoms with Gasteiger partial charge in [0.1, 0.15) is 8.97 Å². The lowest BCUT2D eigenvalue weighted by molar-refractivity contribution is -0.423. The quantitative estimate of drug-likeness (QED) is 0.389. The molecule has 0 radical (unpaired) electrons. The van der Waals surface area contributed by atoms with Crippen LogP contribution in [0.1, 0.15) is 38.5 Å². The van der Waals surface area contributed by atoms with Crippen LogP contribution < -0.4 is 0 Å². The molecule has 0 saturated carbocycles. The lowest BCUT2D eigenvalue weighted by atomic mass is 10.1. The summed E-state index contributed by atoms with van der Waals surface area (Å²) >= 11 is 15.1. The van der Waals surface area contributed by atoms with Crippen molar-refractivity contribution in [3.63, 3.8) is 0 Å². The van der Waals surface area contributed by atoms with E-state index in [2.05, 4.69) is 25.7 Å². The van der Waals surface area contributed by atoms with Crippen molar-refractivity contribution in [1.29, 1.82) is 0 Å². The minimum absolute atomic E-state index is 0.0298. The molecule has 0 bridgehead atoms. The first-order chi connectivity index (χ1) is 10.5. The molecule has 0 aromatic heterocycles. The van der Waals surface area contributed by atoms with Gasteiger partial charge in [0, 0.05) is 26.2 Å². The summed E-state index contributed by atoms with van der Waals surface area (Å²) in [5.74, 6) is 0.631. The molecule has 22 heavy (non-hydrogen) atoms. The third kappa shape index (κ3) is 4.30. The predicted molar refractivity (Wildman–Crippen MR) is 92.5 cm³/mol. The Morgan fingerprint density at radius 2 is 1.32 bits per heavy atom. The molecular formula is C14H20BrCl2N3O2. The van der Waals surface area contributed by atoms with Gasteiger partial charge < -0.3 is 9.80 Å². The Balaban J connectivity index is 2.48. The third-order valence-corrected chi connectivity index (χ3v) is 5.36. The van der Waals surface area contributed by atoms with Crippen LogP contribution in [0.3, 0.4) is 0 Å². The number of halogens is 3. The lowest BCUT2D eigenvalue weighted by Gasteiger charge is -2.39. The summed E-state index contributed by atoms with van der Waals surface area (Å²) < 4.78 is 0.0763. The van der Waals surface area contributed by atoms with E-state index in [9.17, 15) is 10.1 Å². The van der Waals surface area contributed by atoms with Gasteiger partial charge in [-0.2, -0.15) is 0 Å². The van der Waals surface area contributed by atoms with Crippen LogP contribution in [0.4, 0.5) is 0 Å². The third-order valence-electron chi connectivity index (χ3n) is 4.08. The van der Waals surface area contributed by atoms with Crippen molar-refractivity contribution >= 4 is 39.1 Å². The summed E-state index contributed by atoms with van der Waals surface area (Å²) in [6, 6.07) is 0. The number of nitrogens with zero attached hydrogens (tertiary/aromatic N) is 3. The van der Waals surface area contributed by atoms with Crippen molar-refractivity contribution in [2.45, 2.75) is 38.5 Å². The molecule has 0 unspecified atom stereocenters. The van der Waals surface area contributed by atoms with Crippen LogP contribution in [-0.4, -0.2) is 40.9 Å². The van der Waals surface area contributed by atoms with E-state index in [0.717, 1.165) is 51.9 Å². The molecule has 0 spiro atoms. The number of likely N-dealkylation sites (tertiary alicyclic amines) is 2. The highest BCUT2D eigenvalue weighted by molar-refractivity contribution is 9.12. The Bertz CT molecular complexity index is 460. The number of allylic oxidation sites excluding steroid dienone is 1. The topological polar surface area (TPSA) is 49.6 Å². The summed E-state index contributed by atoms with van der Waals surface area (Å²) in [7, 11) is 0. The predicted octanol–water partition coefficient (Wildman–Crippen LogP) is 4.45. The summed E-state index contributed by atoms with van der Waals surface area (Å²) in [4.78, 5) is 15.5. The standard InChI is InChI=1S/C14H20BrCl2N3O2/c15-13(17)11(16)12(20(21)22)14(18-7-3-1-4-8-18)19-9-5-2-6-10-19/h1-10H2/b13-11+. The van der Waals surface area contributed by atoms with E-state index < -0.39 is 4.92 Å². The van der Waals surface area contributed by atoms with E-state index in [1.54, 1.807) is 0 Å². The monoisotopic (exact) mass is 411 g/mol. The van der Waals surface area contributed by atoms with Crippen molar-refractivity contribution in [1.82, 2.24) is 9.80 Å². The first-order valence-electron chi connectivity index (χ1n) is 7.62. The zero-order valence-corrected chi connectivity index (χ0v) is 15.5. The van der Waals surface area contributed by atoms with E-state index in [4.69, 9.17) is 23.2 Å². The van der Waals surface area contributed by atoms with E-state index in [1.165, 1.54) is 12.8 Å². The Morgan fingerprint density at radius 3 is 1.64 bits per heavy atom. The molecule has 2 fully saturated rings. The number of rotatable bonds is 4. The molecule has 0 aliphatic carbocycles. The van der Waals surface area contributed by atoms with Crippen LogP contribution in [-0.2, 0) is 0 Å². The number of piperidine rings is 2. The normalized spacial score (nSPS) is 20.5. The van der Waals surface area contributed by atoms with Gasteiger partial charge in [0.05, 0.1) is 4.92 Å². The molecule has 2 rings (SSSR count). The molecule has 0 N–H and O–H groups in total. The van der Waals surface area contributed by atoms with Crippen molar-refractivity contribution in [3.8, 4) is 0 Å². The van der Waals surface area contributed by atoms with Gasteiger partial charge in [-0.25, -0.2) is 0 Å². The molecule has 2 saturated heterocycles. The van der Waals surface area contributed by atoms with Gasteiger partial charge in [-0.1, -0.05) is 23.2 Å². The first kappa shape index (κ1) is 17.9. The largest absolute Gasteiger partial charge is 0.353 e. The van der Waals surface area contributed by atoms with E-state index in [0.29, 0.717) is 5.82 Å². The second-order valence-corrected chi connectivity index (χ2v) is 7.60. The zero-order chi connectivity index (χ0) is 16.1. The van der Waals surface area contributed by atoms with Crippen molar-refractivity contribution < 1.29 is 4.92 Å². The van der Waals surface area contributed by atoms with Crippen molar-refractivity contribution in [2.24, 2.45) is 0 Å². The average molecular weight is 413 g/mol. The van der Waals surface area contributed by atoms with Crippen LogP contribution in [0.25, 0.3) is 0 Å². The second-order valence-electron chi connectivity index (χ2n) is 5.60. The van der Waals surface area contributed by atoms with E-state index >= 15 is 0 Å². The maximum Gasteiger partial charge on any atom is 0.329 e. The fourth-order valence-corrected chi connectivity index (χ4v) is 3.49. The Hall–Kier alpha value is -0.460. The SMILES string of the molecule is O=[N+]([O-])C(=C(N1CCCCC1)N1CCCCC1)/C(Cl)=C(\Cl)Br. The zero-order valence-electron chi connectivity index (χ0n) is 12.4. The van der Waals surface area contributed by atoms with Gasteiger partial charge >= 0.3 is 5.70 Å². The molecule has 0 atom stereocenters. The number of hydrogen-bond donors (Lipinski definition) is 0. The maximum atomic E-state index is 11.7. The molecule has 124 valence electrons. The Labute approximate surface area is 149 Å². The summed E-state index contributed by atoms with van der Waals surface area (Å²) in [5.41, 5.74) is -0.0904. The number of nitro groups is 1. The fourth-order valence-electron chi connectivity index (χ4n) is 3.06. The molecule has 2 heterocycles. The van der Waals surface area contributed by atoms with Crippen molar-refractivity contribution in [2.75, 3.05) is 26.2 Å². The van der Waals surface area contributed by atoms with E-state index in [1.807, 2.05) is 0 Å². The van der Waals surface area contributed by atoms with Crippen LogP contribution in [0.2, 0.25) is 0 Å². The highest BCUT2D eigenvalue weighted by Gasteiger charge is 2.33. The summed E-state index contributed by atoms with van der Waals surface area (Å²) in [5, 5.41) is 11.6. The highest BCUT2D eigenvalue weighted by atomic mass is 79.9. The molecule has 5 nitrogen and oxygen atoms in total. The molecule has 0 aromatic rings. The first-order valence-corrected chi connectivity index (χ1v) is 9.17. The van der Waals surface area contributed by atoms with Gasteiger partial charge in [0.25, 0.3) is 0 Å². The molecule has 0 aromatic carbocycles. The van der Waals surface area contributed by atoms with Gasteiger partial charge in [0.2, 0.25) is 0 Å². The van der Waals surface area contributed by atoms with Crippen molar-refractivity contribution in [3.05, 3.63) is 30.6 Å². The fraction of sp³-hybridized carbons (Fsp3) is 0.714. The Morgan fingerprint density at radius 1 is 0.909 bits per heavy atom. The minimum atomic E-state index is -0.412. The summed E-state index contributed by atoms with van der Waals surface area (Å²) in [6.07, 6.45) is 6.52. The molecule has 2 aliphatic rings. The van der Waals surface area contributed by atoms with Crippen LogP contribution in [0.5, 0.6) is 0 Å². The van der Waals surface area contributed by atoms with Gasteiger partial charge in [0.15, 0.2) is 5.82 Å². The Kier molecular flexibility index (Phi) is 6.84. The second kappa shape index (κ2) is 8.41. The smallest absolute Gasteiger partial charge is 0.329 e. The average Bonchev–Trinajstić information content (AvgIpc) is 2.53. The van der Waals surface area contributed by atoms with Crippen LogP contribution in [0, 0.1) is 10.1 Å². The van der Waals surface area contributed by atoms with Crippen LogP contribution >= 0.6 is 39.1 Å². The molecular weight excluding hydrogens is 393 g/mol.